The van der Waals surface area contributed by atoms with Gasteiger partial charge >= 0.3 is 0 Å². The van der Waals surface area contributed by atoms with Crippen LogP contribution in [0.4, 0.5) is 5.69 Å². The average Bonchev–Trinajstić information content (AvgIpc) is 2.74. The summed E-state index contributed by atoms with van der Waals surface area (Å²) in [6.45, 7) is 4.03. The Morgan fingerprint density at radius 3 is 2.39 bits per heavy atom. The second kappa shape index (κ2) is 9.66. The summed E-state index contributed by atoms with van der Waals surface area (Å²) in [6.07, 6.45) is 0.654. The summed E-state index contributed by atoms with van der Waals surface area (Å²) < 4.78 is 33.5. The van der Waals surface area contributed by atoms with Crippen LogP contribution in [0.1, 0.15) is 27.0 Å². The number of hydrogen-bond acceptors (Lipinski definition) is 4. The molecule has 0 radical (unpaired) electrons. The Bertz CT molecular complexity index is 1170. The average molecular weight is 439 g/mol. The fourth-order valence-electron chi connectivity index (χ4n) is 3.16. The molecule has 31 heavy (non-hydrogen) atoms. The van der Waals surface area contributed by atoms with Crippen LogP contribution >= 0.6 is 0 Å². The van der Waals surface area contributed by atoms with Crippen LogP contribution in [0, 0.1) is 13.8 Å². The van der Waals surface area contributed by atoms with Gasteiger partial charge in [-0.3, -0.25) is 9.52 Å². The molecule has 162 valence electrons. The zero-order chi connectivity index (χ0) is 22.4. The van der Waals surface area contributed by atoms with Gasteiger partial charge in [-0.25, -0.2) is 8.42 Å². The molecule has 3 aromatic carbocycles. The molecule has 2 N–H and O–H groups in total. The molecular formula is C24H26N2O4S. The number of carbonyl (C=O) groups excluding carboxylic acids is 1. The third-order valence-corrected chi connectivity index (χ3v) is 6.39. The third-order valence-electron chi connectivity index (χ3n) is 4.87. The number of nitrogens with one attached hydrogen (secondary N) is 2. The maximum absolute atomic E-state index is 12.9. The lowest BCUT2D eigenvalue weighted by Crippen LogP contribution is -2.26. The molecule has 3 rings (SSSR count). The standard InChI is InChI=1S/C24H26N2O4S/c1-17-5-4-6-21(15-17)26-31(28,29)23-16-20(10-7-18(23)2)24(27)25-14-13-19-8-11-22(30-3)12-9-19/h4-12,15-16,26H,13-14H2,1-3H3,(H,25,27). The van der Waals surface area contributed by atoms with Gasteiger partial charge in [0.1, 0.15) is 5.75 Å². The van der Waals surface area contributed by atoms with Crippen LogP contribution in [-0.4, -0.2) is 28.0 Å². The number of ether oxygens (including phenoxy) is 1. The summed E-state index contributed by atoms with van der Waals surface area (Å²) in [7, 11) is -2.22. The number of rotatable bonds is 8. The monoisotopic (exact) mass is 438 g/mol. The van der Waals surface area contributed by atoms with E-state index in [0.29, 0.717) is 29.8 Å². The van der Waals surface area contributed by atoms with E-state index in [1.807, 2.05) is 37.3 Å². The molecule has 0 aliphatic carbocycles. The predicted molar refractivity (Wildman–Crippen MR) is 122 cm³/mol. The number of sulfonamides is 1. The summed E-state index contributed by atoms with van der Waals surface area (Å²) in [5.74, 6) is 0.459. The van der Waals surface area contributed by atoms with Crippen LogP contribution in [0.2, 0.25) is 0 Å². The number of methoxy groups -OCH3 is 1. The summed E-state index contributed by atoms with van der Waals surface area (Å²) in [5.41, 5.74) is 3.35. The van der Waals surface area contributed by atoms with E-state index in [1.54, 1.807) is 44.4 Å². The summed E-state index contributed by atoms with van der Waals surface area (Å²) in [4.78, 5) is 12.7. The first-order valence-electron chi connectivity index (χ1n) is 9.90. The lowest BCUT2D eigenvalue weighted by atomic mass is 10.1. The van der Waals surface area contributed by atoms with Gasteiger partial charge < -0.3 is 10.1 Å². The van der Waals surface area contributed by atoms with E-state index in [2.05, 4.69) is 10.0 Å². The number of amides is 1. The Labute approximate surface area is 183 Å². The van der Waals surface area contributed by atoms with Gasteiger partial charge in [-0.1, -0.05) is 30.3 Å². The molecule has 7 heteroatoms. The zero-order valence-corrected chi connectivity index (χ0v) is 18.6. The van der Waals surface area contributed by atoms with Gasteiger partial charge in [0, 0.05) is 17.8 Å². The van der Waals surface area contributed by atoms with Crippen molar-refractivity contribution in [3.63, 3.8) is 0 Å². The second-order valence-electron chi connectivity index (χ2n) is 7.31. The van der Waals surface area contributed by atoms with Gasteiger partial charge in [-0.05, 0) is 73.4 Å². The maximum atomic E-state index is 12.9. The number of hydrogen-bond donors (Lipinski definition) is 2. The van der Waals surface area contributed by atoms with Gasteiger partial charge in [0.15, 0.2) is 0 Å². The van der Waals surface area contributed by atoms with Crippen molar-refractivity contribution in [2.75, 3.05) is 18.4 Å². The minimum Gasteiger partial charge on any atom is -0.497 e. The zero-order valence-electron chi connectivity index (χ0n) is 17.8. The summed E-state index contributed by atoms with van der Waals surface area (Å²) in [5, 5.41) is 2.85. The van der Waals surface area contributed by atoms with E-state index in [-0.39, 0.29) is 10.8 Å². The summed E-state index contributed by atoms with van der Waals surface area (Å²) in [6, 6.07) is 19.4. The minimum absolute atomic E-state index is 0.0804. The molecule has 0 unspecified atom stereocenters. The maximum Gasteiger partial charge on any atom is 0.262 e. The van der Waals surface area contributed by atoms with Crippen LogP contribution in [0.15, 0.2) is 71.6 Å². The van der Waals surface area contributed by atoms with Gasteiger partial charge in [0.2, 0.25) is 0 Å². The van der Waals surface area contributed by atoms with E-state index in [1.165, 1.54) is 6.07 Å². The third kappa shape index (κ3) is 5.86. The van der Waals surface area contributed by atoms with Crippen molar-refractivity contribution in [3.8, 4) is 5.75 Å². The molecule has 0 spiro atoms. The van der Waals surface area contributed by atoms with E-state index < -0.39 is 10.0 Å². The number of carbonyl (C=O) groups is 1. The minimum atomic E-state index is -3.83. The Hall–Kier alpha value is -3.32. The molecule has 0 saturated carbocycles. The van der Waals surface area contributed by atoms with E-state index in [9.17, 15) is 13.2 Å². The van der Waals surface area contributed by atoms with Crippen LogP contribution in [0.5, 0.6) is 5.75 Å². The molecule has 0 atom stereocenters. The quantitative estimate of drug-likeness (QED) is 0.555. The van der Waals surface area contributed by atoms with E-state index in [4.69, 9.17) is 4.74 Å². The van der Waals surface area contributed by atoms with E-state index >= 15 is 0 Å². The highest BCUT2D eigenvalue weighted by Crippen LogP contribution is 2.21. The van der Waals surface area contributed by atoms with Gasteiger partial charge in [0.25, 0.3) is 15.9 Å². The fraction of sp³-hybridized carbons (Fsp3) is 0.208. The fourth-order valence-corrected chi connectivity index (χ4v) is 4.49. The van der Waals surface area contributed by atoms with Gasteiger partial charge in [0.05, 0.1) is 12.0 Å². The Balaban J connectivity index is 1.69. The predicted octanol–water partition coefficient (Wildman–Crippen LogP) is 4.09. The molecule has 6 nitrogen and oxygen atoms in total. The molecule has 0 aliphatic heterocycles. The molecule has 0 aliphatic rings. The van der Waals surface area contributed by atoms with Crippen molar-refractivity contribution in [1.29, 1.82) is 0 Å². The molecule has 0 fully saturated rings. The Kier molecular flexibility index (Phi) is 6.97. The highest BCUT2D eigenvalue weighted by Gasteiger charge is 2.19. The molecule has 0 bridgehead atoms. The highest BCUT2D eigenvalue weighted by atomic mass is 32.2. The van der Waals surface area contributed by atoms with Gasteiger partial charge in [-0.2, -0.15) is 0 Å². The van der Waals surface area contributed by atoms with Crippen molar-refractivity contribution in [1.82, 2.24) is 5.32 Å². The van der Waals surface area contributed by atoms with Crippen molar-refractivity contribution in [2.45, 2.75) is 25.2 Å². The molecular weight excluding hydrogens is 412 g/mol. The largest absolute Gasteiger partial charge is 0.497 e. The Morgan fingerprint density at radius 2 is 1.71 bits per heavy atom. The first kappa shape index (κ1) is 22.4. The normalized spacial score (nSPS) is 11.1. The Morgan fingerprint density at radius 1 is 0.968 bits per heavy atom. The molecule has 0 heterocycles. The topological polar surface area (TPSA) is 84.5 Å². The van der Waals surface area contributed by atoms with Crippen molar-refractivity contribution < 1.29 is 17.9 Å². The van der Waals surface area contributed by atoms with Crippen molar-refractivity contribution in [2.24, 2.45) is 0 Å². The van der Waals surface area contributed by atoms with Gasteiger partial charge in [-0.15, -0.1) is 0 Å². The number of benzene rings is 3. The van der Waals surface area contributed by atoms with Crippen LogP contribution in [0.25, 0.3) is 0 Å². The van der Waals surface area contributed by atoms with E-state index in [0.717, 1.165) is 16.9 Å². The lowest BCUT2D eigenvalue weighted by Gasteiger charge is -2.13. The first-order valence-corrected chi connectivity index (χ1v) is 11.4. The van der Waals surface area contributed by atoms with Crippen LogP contribution in [-0.2, 0) is 16.4 Å². The molecule has 0 aromatic heterocycles. The molecule has 1 amide bonds. The molecule has 3 aromatic rings. The number of aryl methyl sites for hydroxylation is 2. The first-order chi connectivity index (χ1) is 14.8. The van der Waals surface area contributed by atoms with Crippen LogP contribution < -0.4 is 14.8 Å². The smallest absolute Gasteiger partial charge is 0.262 e. The summed E-state index contributed by atoms with van der Waals surface area (Å²) >= 11 is 0. The van der Waals surface area contributed by atoms with Crippen molar-refractivity contribution in [3.05, 3.63) is 89.0 Å². The van der Waals surface area contributed by atoms with Crippen molar-refractivity contribution >= 4 is 21.6 Å². The second-order valence-corrected chi connectivity index (χ2v) is 8.96. The number of anilines is 1. The SMILES string of the molecule is COc1ccc(CCNC(=O)c2ccc(C)c(S(=O)(=O)Nc3cccc(C)c3)c2)cc1. The highest BCUT2D eigenvalue weighted by molar-refractivity contribution is 7.92. The lowest BCUT2D eigenvalue weighted by molar-refractivity contribution is 0.0954. The van der Waals surface area contributed by atoms with Crippen LogP contribution in [0.3, 0.4) is 0 Å². The molecule has 0 saturated heterocycles.